The van der Waals surface area contributed by atoms with E-state index < -0.39 is 0 Å². The summed E-state index contributed by atoms with van der Waals surface area (Å²) in [6.45, 7) is 0.483. The van der Waals surface area contributed by atoms with Gasteiger partial charge in [0.2, 0.25) is 0 Å². The minimum absolute atomic E-state index is 0.0245. The third-order valence-corrected chi connectivity index (χ3v) is 3.66. The van der Waals surface area contributed by atoms with Crippen molar-refractivity contribution in [3.63, 3.8) is 0 Å². The first-order valence-electron chi connectivity index (χ1n) is 5.78. The smallest absolute Gasteiger partial charge is 0.267 e. The Kier molecular flexibility index (Phi) is 3.29. The standard InChI is InChI=1S/C14H10IN3O/c15-12-7-16-9-18(14(12)19)8-11-4-1-3-10-5-2-6-17-13(10)11/h1-7,9H,8H2. The first kappa shape index (κ1) is 12.3. The maximum Gasteiger partial charge on any atom is 0.267 e. The number of halogens is 1. The van der Waals surface area contributed by atoms with Crippen molar-refractivity contribution >= 4 is 33.5 Å². The fraction of sp³-hybridized carbons (Fsp3) is 0.0714. The van der Waals surface area contributed by atoms with Gasteiger partial charge in [-0.3, -0.25) is 14.3 Å². The Balaban J connectivity index is 2.11. The van der Waals surface area contributed by atoms with E-state index in [1.54, 1.807) is 23.3 Å². The van der Waals surface area contributed by atoms with Crippen molar-refractivity contribution in [1.29, 1.82) is 0 Å². The molecule has 0 spiro atoms. The van der Waals surface area contributed by atoms with Gasteiger partial charge in [-0.25, -0.2) is 4.98 Å². The number of rotatable bonds is 2. The highest BCUT2D eigenvalue weighted by atomic mass is 127. The van der Waals surface area contributed by atoms with E-state index in [-0.39, 0.29) is 5.56 Å². The molecule has 3 rings (SSSR count). The second-order valence-electron chi connectivity index (χ2n) is 4.17. The Labute approximate surface area is 123 Å². The predicted molar refractivity (Wildman–Crippen MR) is 82.1 cm³/mol. The number of fused-ring (bicyclic) bond motifs is 1. The highest BCUT2D eigenvalue weighted by Gasteiger charge is 2.05. The lowest BCUT2D eigenvalue weighted by Crippen LogP contribution is -2.23. The van der Waals surface area contributed by atoms with Crippen molar-refractivity contribution in [2.75, 3.05) is 0 Å². The van der Waals surface area contributed by atoms with Crippen LogP contribution in [0, 0.1) is 3.57 Å². The molecule has 0 saturated heterocycles. The zero-order valence-electron chi connectivity index (χ0n) is 9.95. The topological polar surface area (TPSA) is 47.8 Å². The van der Waals surface area contributed by atoms with E-state index in [1.807, 2.05) is 52.9 Å². The van der Waals surface area contributed by atoms with E-state index in [2.05, 4.69) is 9.97 Å². The maximum atomic E-state index is 12.0. The minimum Gasteiger partial charge on any atom is -0.294 e. The van der Waals surface area contributed by atoms with Gasteiger partial charge in [0.15, 0.2) is 0 Å². The number of para-hydroxylation sites is 1. The van der Waals surface area contributed by atoms with Gasteiger partial charge in [-0.1, -0.05) is 24.3 Å². The summed E-state index contributed by atoms with van der Waals surface area (Å²) in [5.41, 5.74) is 1.92. The lowest BCUT2D eigenvalue weighted by molar-refractivity contribution is 0.733. The van der Waals surface area contributed by atoms with Crippen LogP contribution in [-0.4, -0.2) is 14.5 Å². The van der Waals surface area contributed by atoms with Crippen LogP contribution in [0.5, 0.6) is 0 Å². The molecule has 0 aliphatic rings. The number of aromatic nitrogens is 3. The van der Waals surface area contributed by atoms with Gasteiger partial charge in [0.05, 0.1) is 22.0 Å². The Bertz CT molecular complexity index is 793. The van der Waals surface area contributed by atoms with Crippen molar-refractivity contribution in [2.24, 2.45) is 0 Å². The molecule has 2 aromatic heterocycles. The molecule has 0 bridgehead atoms. The largest absolute Gasteiger partial charge is 0.294 e. The van der Waals surface area contributed by atoms with Crippen LogP contribution in [0.3, 0.4) is 0 Å². The average Bonchev–Trinajstić information content (AvgIpc) is 2.44. The van der Waals surface area contributed by atoms with Crippen LogP contribution in [0.1, 0.15) is 5.56 Å². The molecule has 0 unspecified atom stereocenters. The number of pyridine rings is 1. The van der Waals surface area contributed by atoms with Crippen LogP contribution in [0.25, 0.3) is 10.9 Å². The SMILES string of the molecule is O=c1c(I)cncn1Cc1cccc2cccnc12. The maximum absolute atomic E-state index is 12.0. The number of benzene rings is 1. The number of hydrogen-bond donors (Lipinski definition) is 0. The van der Waals surface area contributed by atoms with E-state index in [0.29, 0.717) is 10.1 Å². The molecule has 1 aromatic carbocycles. The molecule has 0 aliphatic heterocycles. The van der Waals surface area contributed by atoms with Gasteiger partial charge in [0.25, 0.3) is 5.56 Å². The second kappa shape index (κ2) is 5.08. The lowest BCUT2D eigenvalue weighted by atomic mass is 10.1. The monoisotopic (exact) mass is 363 g/mol. The Hall–Kier alpha value is -1.76. The summed E-state index contributed by atoms with van der Waals surface area (Å²) in [5.74, 6) is 0. The molecule has 0 amide bonds. The molecule has 0 N–H and O–H groups in total. The van der Waals surface area contributed by atoms with Crippen LogP contribution in [0.2, 0.25) is 0 Å². The summed E-state index contributed by atoms with van der Waals surface area (Å²) in [5, 5.41) is 1.08. The van der Waals surface area contributed by atoms with Gasteiger partial charge in [-0.2, -0.15) is 0 Å². The number of nitrogens with zero attached hydrogens (tertiary/aromatic N) is 3. The Morgan fingerprint density at radius 1 is 1.21 bits per heavy atom. The normalized spacial score (nSPS) is 10.8. The molecule has 19 heavy (non-hydrogen) atoms. The summed E-state index contributed by atoms with van der Waals surface area (Å²) < 4.78 is 2.22. The van der Waals surface area contributed by atoms with Crippen LogP contribution >= 0.6 is 22.6 Å². The van der Waals surface area contributed by atoms with Crippen molar-refractivity contribution in [3.8, 4) is 0 Å². The molecule has 4 nitrogen and oxygen atoms in total. The molecular weight excluding hydrogens is 353 g/mol. The third kappa shape index (κ3) is 2.37. The first-order chi connectivity index (χ1) is 9.25. The van der Waals surface area contributed by atoms with Crippen molar-refractivity contribution in [3.05, 3.63) is 68.5 Å². The van der Waals surface area contributed by atoms with E-state index >= 15 is 0 Å². The minimum atomic E-state index is -0.0245. The van der Waals surface area contributed by atoms with Crippen molar-refractivity contribution in [1.82, 2.24) is 14.5 Å². The van der Waals surface area contributed by atoms with E-state index in [1.165, 1.54) is 0 Å². The van der Waals surface area contributed by atoms with Crippen LogP contribution < -0.4 is 5.56 Å². The van der Waals surface area contributed by atoms with Gasteiger partial charge in [-0.15, -0.1) is 0 Å². The van der Waals surface area contributed by atoms with Gasteiger partial charge >= 0.3 is 0 Å². The van der Waals surface area contributed by atoms with Gasteiger partial charge in [0.1, 0.15) is 0 Å². The molecule has 0 aliphatic carbocycles. The summed E-state index contributed by atoms with van der Waals surface area (Å²) >= 11 is 2.00. The zero-order chi connectivity index (χ0) is 13.2. The van der Waals surface area contributed by atoms with Gasteiger partial charge < -0.3 is 0 Å². The van der Waals surface area contributed by atoms with E-state index in [9.17, 15) is 4.79 Å². The lowest BCUT2D eigenvalue weighted by Gasteiger charge is -2.08. The second-order valence-corrected chi connectivity index (χ2v) is 5.33. The zero-order valence-corrected chi connectivity index (χ0v) is 12.1. The van der Waals surface area contributed by atoms with E-state index in [4.69, 9.17) is 0 Å². The van der Waals surface area contributed by atoms with Crippen LogP contribution in [0.15, 0.2) is 53.8 Å². The molecule has 2 heterocycles. The van der Waals surface area contributed by atoms with Crippen molar-refractivity contribution < 1.29 is 0 Å². The molecule has 0 atom stereocenters. The van der Waals surface area contributed by atoms with Crippen molar-refractivity contribution in [2.45, 2.75) is 6.54 Å². The van der Waals surface area contributed by atoms with Gasteiger partial charge in [-0.05, 0) is 34.2 Å². The molecule has 0 saturated carbocycles. The van der Waals surface area contributed by atoms with Gasteiger partial charge in [0, 0.05) is 17.8 Å². The summed E-state index contributed by atoms with van der Waals surface area (Å²) in [4.78, 5) is 20.5. The van der Waals surface area contributed by atoms with E-state index in [0.717, 1.165) is 16.5 Å². The number of hydrogen-bond acceptors (Lipinski definition) is 3. The average molecular weight is 363 g/mol. The fourth-order valence-electron chi connectivity index (χ4n) is 2.02. The van der Waals surface area contributed by atoms with Crippen LogP contribution in [0.4, 0.5) is 0 Å². The quantitative estimate of drug-likeness (QED) is 0.658. The molecule has 0 radical (unpaired) electrons. The predicted octanol–water partition coefficient (Wildman–Crippen LogP) is 2.44. The Morgan fingerprint density at radius 2 is 2.05 bits per heavy atom. The highest BCUT2D eigenvalue weighted by Crippen LogP contribution is 2.16. The summed E-state index contributed by atoms with van der Waals surface area (Å²) in [6.07, 6.45) is 4.90. The summed E-state index contributed by atoms with van der Waals surface area (Å²) in [6, 6.07) is 9.90. The molecule has 0 fully saturated rings. The highest BCUT2D eigenvalue weighted by molar-refractivity contribution is 14.1. The fourth-order valence-corrected chi connectivity index (χ4v) is 2.49. The third-order valence-electron chi connectivity index (χ3n) is 2.92. The first-order valence-corrected chi connectivity index (χ1v) is 6.86. The molecule has 5 heteroatoms. The Morgan fingerprint density at radius 3 is 2.95 bits per heavy atom. The summed E-state index contributed by atoms with van der Waals surface area (Å²) in [7, 11) is 0. The molecular formula is C14H10IN3O. The molecule has 3 aromatic rings. The molecule has 94 valence electrons. The van der Waals surface area contributed by atoms with Crippen LogP contribution in [-0.2, 0) is 6.54 Å².